The zero-order valence-electron chi connectivity index (χ0n) is 9.70. The van der Waals surface area contributed by atoms with Crippen molar-refractivity contribution in [2.24, 2.45) is 5.92 Å². The molecule has 0 aliphatic carbocycles. The molecule has 1 atom stereocenters. The molecule has 0 saturated carbocycles. The minimum Gasteiger partial charge on any atom is -0.207 e. The van der Waals surface area contributed by atoms with Gasteiger partial charge >= 0.3 is 0 Å². The molecule has 0 aliphatic heterocycles. The molecule has 18 heavy (non-hydrogen) atoms. The normalized spacial score (nSPS) is 12.6. The van der Waals surface area contributed by atoms with Crippen LogP contribution in [0.4, 0.5) is 4.39 Å². The summed E-state index contributed by atoms with van der Waals surface area (Å²) in [6, 6.07) is 8.80. The molecule has 0 nitrogen and oxygen atoms in total. The Labute approximate surface area is 124 Å². The highest BCUT2D eigenvalue weighted by Crippen LogP contribution is 2.24. The lowest BCUT2D eigenvalue weighted by Crippen LogP contribution is -2.09. The van der Waals surface area contributed by atoms with Crippen LogP contribution >= 0.6 is 38.9 Å². The van der Waals surface area contributed by atoms with E-state index in [0.29, 0.717) is 11.8 Å². The van der Waals surface area contributed by atoms with Crippen molar-refractivity contribution < 1.29 is 4.39 Å². The highest BCUT2D eigenvalue weighted by Gasteiger charge is 2.11. The van der Waals surface area contributed by atoms with Crippen LogP contribution < -0.4 is 0 Å². The lowest BCUT2D eigenvalue weighted by Gasteiger charge is -2.12. The number of hydrogen-bond donors (Lipinski definition) is 0. The molecular weight excluding hydrogens is 335 g/mol. The van der Waals surface area contributed by atoms with E-state index in [4.69, 9.17) is 11.6 Å². The molecule has 0 amide bonds. The molecule has 0 spiro atoms. The quantitative estimate of drug-likeness (QED) is 0.645. The molecule has 0 aliphatic rings. The second-order valence-corrected chi connectivity index (χ2v) is 6.51. The van der Waals surface area contributed by atoms with E-state index in [9.17, 15) is 4.39 Å². The van der Waals surface area contributed by atoms with E-state index < -0.39 is 0 Å². The smallest absolute Gasteiger partial charge is 0.123 e. The van der Waals surface area contributed by atoms with E-state index in [2.05, 4.69) is 27.4 Å². The zero-order valence-corrected chi connectivity index (χ0v) is 12.9. The topological polar surface area (TPSA) is 0 Å². The van der Waals surface area contributed by atoms with Gasteiger partial charge in [-0.1, -0.05) is 12.1 Å². The van der Waals surface area contributed by atoms with Gasteiger partial charge in [-0.3, -0.25) is 0 Å². The van der Waals surface area contributed by atoms with Crippen molar-refractivity contribution in [2.45, 2.75) is 12.8 Å². The molecule has 1 heterocycles. The Morgan fingerprint density at radius 2 is 1.94 bits per heavy atom. The van der Waals surface area contributed by atoms with Gasteiger partial charge < -0.3 is 0 Å². The van der Waals surface area contributed by atoms with Gasteiger partial charge in [0.25, 0.3) is 0 Å². The lowest BCUT2D eigenvalue weighted by molar-refractivity contribution is 0.585. The van der Waals surface area contributed by atoms with Gasteiger partial charge in [0.1, 0.15) is 5.82 Å². The molecule has 2 rings (SSSR count). The Bertz CT molecular complexity index is 495. The Morgan fingerprint density at radius 3 is 2.50 bits per heavy atom. The highest BCUT2D eigenvalue weighted by molar-refractivity contribution is 9.10. The molecule has 1 aromatic heterocycles. The first-order valence-corrected chi connectivity index (χ1v) is 7.91. The van der Waals surface area contributed by atoms with Crippen molar-refractivity contribution in [3.05, 3.63) is 56.4 Å². The van der Waals surface area contributed by atoms with E-state index >= 15 is 0 Å². The molecule has 1 aromatic carbocycles. The average Bonchev–Trinajstić information content (AvgIpc) is 2.77. The molecule has 0 saturated heterocycles. The zero-order chi connectivity index (χ0) is 13.0. The monoisotopic (exact) mass is 346 g/mol. The summed E-state index contributed by atoms with van der Waals surface area (Å²) in [5.41, 5.74) is 1.14. The minimum absolute atomic E-state index is 0.191. The maximum atomic E-state index is 12.8. The van der Waals surface area contributed by atoms with E-state index in [-0.39, 0.29) is 5.82 Å². The Balaban J connectivity index is 1.99. The van der Waals surface area contributed by atoms with Crippen molar-refractivity contribution in [3.8, 4) is 0 Å². The Kier molecular flexibility index (Phi) is 5.22. The number of halogens is 3. The van der Waals surface area contributed by atoms with Crippen LogP contribution in [0.2, 0.25) is 0 Å². The summed E-state index contributed by atoms with van der Waals surface area (Å²) < 4.78 is 13.9. The van der Waals surface area contributed by atoms with Gasteiger partial charge in [0.05, 0.1) is 0 Å². The third-order valence-electron chi connectivity index (χ3n) is 2.77. The summed E-state index contributed by atoms with van der Waals surface area (Å²) in [5.74, 6) is 0.818. The van der Waals surface area contributed by atoms with Gasteiger partial charge in [-0.05, 0) is 58.5 Å². The van der Waals surface area contributed by atoms with Gasteiger partial charge in [-0.25, -0.2) is 4.39 Å². The predicted octanol–water partition coefficient (Wildman–Crippen LogP) is 5.29. The van der Waals surface area contributed by atoms with Crippen molar-refractivity contribution in [1.29, 1.82) is 0 Å². The average molecular weight is 348 g/mol. The molecular formula is C14H13BrClFS. The summed E-state index contributed by atoms with van der Waals surface area (Å²) in [6.07, 6.45) is 1.86. The number of thiophene rings is 1. The largest absolute Gasteiger partial charge is 0.207 e. The second-order valence-electron chi connectivity index (χ2n) is 4.29. The molecule has 4 heteroatoms. The summed E-state index contributed by atoms with van der Waals surface area (Å²) in [5, 5.41) is 2.08. The number of rotatable bonds is 5. The third-order valence-corrected chi connectivity index (χ3v) is 4.92. The fourth-order valence-electron chi connectivity index (χ4n) is 1.88. The van der Waals surface area contributed by atoms with Crippen LogP contribution in [0.1, 0.15) is 10.4 Å². The molecule has 0 N–H and O–H groups in total. The predicted molar refractivity (Wildman–Crippen MR) is 80.0 cm³/mol. The van der Waals surface area contributed by atoms with Crippen LogP contribution in [0, 0.1) is 11.7 Å². The SMILES string of the molecule is Fc1ccc(CC(CCl)Cc2cc(Br)cs2)cc1. The summed E-state index contributed by atoms with van der Waals surface area (Å²) >= 11 is 11.2. The van der Waals surface area contributed by atoms with Gasteiger partial charge in [-0.2, -0.15) is 0 Å². The van der Waals surface area contributed by atoms with Crippen LogP contribution in [0.25, 0.3) is 0 Å². The standard InChI is InChI=1S/C14H13BrClFS/c15-12-7-14(18-9-12)6-11(8-16)5-10-1-3-13(17)4-2-10/h1-4,7,9,11H,5-6,8H2. The van der Waals surface area contributed by atoms with Crippen LogP contribution in [0.15, 0.2) is 40.2 Å². The van der Waals surface area contributed by atoms with Crippen LogP contribution in [0.3, 0.4) is 0 Å². The number of alkyl halides is 1. The van der Waals surface area contributed by atoms with E-state index in [1.165, 1.54) is 17.0 Å². The van der Waals surface area contributed by atoms with Crippen molar-refractivity contribution in [2.75, 3.05) is 5.88 Å². The Hall–Kier alpha value is -0.380. The van der Waals surface area contributed by atoms with E-state index in [0.717, 1.165) is 22.9 Å². The van der Waals surface area contributed by atoms with Gasteiger partial charge in [0.15, 0.2) is 0 Å². The summed E-state index contributed by atoms with van der Waals surface area (Å²) in [7, 11) is 0. The highest BCUT2D eigenvalue weighted by atomic mass is 79.9. The minimum atomic E-state index is -0.191. The molecule has 1 unspecified atom stereocenters. The maximum absolute atomic E-state index is 12.8. The van der Waals surface area contributed by atoms with Crippen LogP contribution in [-0.2, 0) is 12.8 Å². The first-order valence-electron chi connectivity index (χ1n) is 5.70. The number of benzene rings is 1. The van der Waals surface area contributed by atoms with Gasteiger partial charge in [-0.15, -0.1) is 22.9 Å². The summed E-state index contributed by atoms with van der Waals surface area (Å²) in [4.78, 5) is 1.33. The molecule has 0 radical (unpaired) electrons. The van der Waals surface area contributed by atoms with Crippen molar-refractivity contribution in [1.82, 2.24) is 0 Å². The lowest BCUT2D eigenvalue weighted by atomic mass is 9.97. The number of hydrogen-bond acceptors (Lipinski definition) is 1. The first kappa shape index (κ1) is 14.0. The van der Waals surface area contributed by atoms with E-state index in [1.54, 1.807) is 11.3 Å². The molecule has 0 fully saturated rings. The van der Waals surface area contributed by atoms with Crippen molar-refractivity contribution in [3.63, 3.8) is 0 Å². The van der Waals surface area contributed by atoms with Crippen molar-refractivity contribution >= 4 is 38.9 Å². The first-order chi connectivity index (χ1) is 8.67. The van der Waals surface area contributed by atoms with Gasteiger partial charge in [0, 0.05) is 20.6 Å². The fourth-order valence-corrected chi connectivity index (χ4v) is 3.67. The Morgan fingerprint density at radius 1 is 1.22 bits per heavy atom. The molecule has 2 aromatic rings. The van der Waals surface area contributed by atoms with Gasteiger partial charge in [0.2, 0.25) is 0 Å². The summed E-state index contributed by atoms with van der Waals surface area (Å²) in [6.45, 7) is 0. The fraction of sp³-hybridized carbons (Fsp3) is 0.286. The third kappa shape index (κ3) is 4.08. The second kappa shape index (κ2) is 6.69. The molecule has 96 valence electrons. The van der Waals surface area contributed by atoms with E-state index in [1.807, 2.05) is 12.1 Å². The maximum Gasteiger partial charge on any atom is 0.123 e. The molecule has 0 bridgehead atoms. The van der Waals surface area contributed by atoms with Crippen LogP contribution in [0.5, 0.6) is 0 Å². The van der Waals surface area contributed by atoms with Crippen LogP contribution in [-0.4, -0.2) is 5.88 Å².